The van der Waals surface area contributed by atoms with Gasteiger partial charge in [-0.25, -0.2) is 4.58 Å². The lowest BCUT2D eigenvalue weighted by Crippen LogP contribution is -3.00. The second-order valence-electron chi connectivity index (χ2n) is 5.14. The SMILES string of the molecule is C1=CC2=C[N+](c3ccccc3)=CN(c3ccccc3)N2C=C1.[Br-]. The Morgan fingerprint density at radius 1 is 0.739 bits per heavy atom. The summed E-state index contributed by atoms with van der Waals surface area (Å²) in [5, 5.41) is 4.27. The summed E-state index contributed by atoms with van der Waals surface area (Å²) >= 11 is 0. The van der Waals surface area contributed by atoms with Gasteiger partial charge in [-0.3, -0.25) is 0 Å². The summed E-state index contributed by atoms with van der Waals surface area (Å²) in [6.07, 6.45) is 12.5. The van der Waals surface area contributed by atoms with Gasteiger partial charge in [-0.2, -0.15) is 5.01 Å². The van der Waals surface area contributed by atoms with E-state index in [9.17, 15) is 0 Å². The lowest BCUT2D eigenvalue weighted by atomic mass is 10.2. The van der Waals surface area contributed by atoms with Gasteiger partial charge >= 0.3 is 0 Å². The average molecular weight is 366 g/mol. The molecule has 0 fully saturated rings. The van der Waals surface area contributed by atoms with Crippen LogP contribution in [0.1, 0.15) is 0 Å². The number of hydrogen-bond acceptors (Lipinski definition) is 2. The van der Waals surface area contributed by atoms with Crippen molar-refractivity contribution in [2.45, 2.75) is 0 Å². The molecule has 0 aromatic heterocycles. The number of anilines is 1. The average Bonchev–Trinajstić information content (AvgIpc) is 2.62. The Balaban J connectivity index is 0.00000156. The highest BCUT2D eigenvalue weighted by molar-refractivity contribution is 5.77. The topological polar surface area (TPSA) is 9.49 Å². The van der Waals surface area contributed by atoms with Crippen LogP contribution in [0.25, 0.3) is 0 Å². The van der Waals surface area contributed by atoms with Gasteiger partial charge in [0.15, 0.2) is 5.69 Å². The zero-order valence-corrected chi connectivity index (χ0v) is 14.0. The Morgan fingerprint density at radius 2 is 1.43 bits per heavy atom. The summed E-state index contributed by atoms with van der Waals surface area (Å²) in [7, 11) is 0. The minimum Gasteiger partial charge on any atom is -1.00 e. The number of fused-ring (bicyclic) bond motifs is 1. The molecule has 0 bridgehead atoms. The van der Waals surface area contributed by atoms with Gasteiger partial charge in [0, 0.05) is 6.20 Å². The predicted octanol–water partition coefficient (Wildman–Crippen LogP) is 1.02. The fourth-order valence-corrected chi connectivity index (χ4v) is 2.61. The summed E-state index contributed by atoms with van der Waals surface area (Å²) in [6, 6.07) is 20.7. The van der Waals surface area contributed by atoms with Crippen LogP contribution in [-0.2, 0) is 0 Å². The third-order valence-corrected chi connectivity index (χ3v) is 3.68. The smallest absolute Gasteiger partial charge is 0.273 e. The standard InChI is InChI=1S/C19H16N3.BrH/c1-3-9-17(10-4-1)20-15-19-13-7-8-14-21(19)22(16-20)18-11-5-2-6-12-18;/h1-16H;1H/q+1;/p-1. The Hall–Kier alpha value is -2.59. The van der Waals surface area contributed by atoms with Crippen LogP contribution in [-0.4, -0.2) is 15.9 Å². The summed E-state index contributed by atoms with van der Waals surface area (Å²) in [4.78, 5) is 0. The maximum absolute atomic E-state index is 2.14. The molecule has 2 aliphatic rings. The van der Waals surface area contributed by atoms with E-state index in [-0.39, 0.29) is 17.0 Å². The Kier molecular flexibility index (Phi) is 4.44. The fraction of sp³-hybridized carbons (Fsp3) is 0. The maximum atomic E-state index is 2.14. The Bertz CT molecular complexity index is 792. The molecule has 114 valence electrons. The van der Waals surface area contributed by atoms with Crippen LogP contribution in [0.2, 0.25) is 0 Å². The molecule has 0 atom stereocenters. The van der Waals surface area contributed by atoms with Gasteiger partial charge in [0.25, 0.3) is 6.34 Å². The first kappa shape index (κ1) is 15.3. The first-order chi connectivity index (χ1) is 10.9. The highest BCUT2D eigenvalue weighted by Crippen LogP contribution is 2.26. The molecule has 2 aromatic carbocycles. The summed E-state index contributed by atoms with van der Waals surface area (Å²) in [5.74, 6) is 0. The molecule has 2 aliphatic heterocycles. The van der Waals surface area contributed by atoms with Crippen molar-refractivity contribution in [2.75, 3.05) is 5.01 Å². The van der Waals surface area contributed by atoms with Gasteiger partial charge in [0.05, 0.1) is 0 Å². The van der Waals surface area contributed by atoms with Crippen molar-refractivity contribution in [3.8, 4) is 0 Å². The van der Waals surface area contributed by atoms with Gasteiger partial charge in [-0.05, 0) is 36.4 Å². The molecule has 23 heavy (non-hydrogen) atoms. The molecule has 2 heterocycles. The minimum atomic E-state index is 0. The molecule has 0 N–H and O–H groups in total. The molecule has 0 unspecified atom stereocenters. The van der Waals surface area contributed by atoms with E-state index in [0.29, 0.717) is 0 Å². The van der Waals surface area contributed by atoms with Crippen LogP contribution in [0.3, 0.4) is 0 Å². The number of nitrogens with zero attached hydrogens (tertiary/aromatic N) is 3. The van der Waals surface area contributed by atoms with Crippen LogP contribution in [0.15, 0.2) is 97.0 Å². The van der Waals surface area contributed by atoms with Crippen LogP contribution in [0.4, 0.5) is 11.4 Å². The highest BCUT2D eigenvalue weighted by Gasteiger charge is 2.28. The lowest BCUT2D eigenvalue weighted by molar-refractivity contribution is -0.361. The second-order valence-corrected chi connectivity index (χ2v) is 5.14. The summed E-state index contributed by atoms with van der Waals surface area (Å²) < 4.78 is 2.14. The number of allylic oxidation sites excluding steroid dienone is 3. The van der Waals surface area contributed by atoms with Gasteiger partial charge in [0.1, 0.15) is 17.6 Å². The molecular formula is C19H16BrN3. The Labute approximate surface area is 146 Å². The molecule has 0 radical (unpaired) electrons. The van der Waals surface area contributed by atoms with Crippen molar-refractivity contribution >= 4 is 17.7 Å². The zero-order chi connectivity index (χ0) is 14.8. The molecule has 2 aromatic rings. The van der Waals surface area contributed by atoms with Gasteiger partial charge < -0.3 is 17.0 Å². The molecule has 0 saturated heterocycles. The van der Waals surface area contributed by atoms with Crippen molar-refractivity contribution in [1.82, 2.24) is 5.01 Å². The first-order valence-corrected chi connectivity index (χ1v) is 7.30. The van der Waals surface area contributed by atoms with Crippen LogP contribution in [0, 0.1) is 0 Å². The molecule has 4 rings (SSSR count). The third-order valence-electron chi connectivity index (χ3n) is 3.68. The highest BCUT2D eigenvalue weighted by atomic mass is 79.9. The van der Waals surface area contributed by atoms with Gasteiger partial charge in [-0.1, -0.05) is 42.5 Å². The molecule has 0 aliphatic carbocycles. The van der Waals surface area contributed by atoms with E-state index in [0.717, 1.165) is 17.1 Å². The maximum Gasteiger partial charge on any atom is 0.273 e. The van der Waals surface area contributed by atoms with E-state index >= 15 is 0 Å². The number of halogens is 1. The normalized spacial score (nSPS) is 15.5. The van der Waals surface area contributed by atoms with E-state index in [1.807, 2.05) is 18.2 Å². The number of hydrazine groups is 1. The van der Waals surface area contributed by atoms with Crippen molar-refractivity contribution in [2.24, 2.45) is 0 Å². The third kappa shape index (κ3) is 2.98. The molecule has 4 heteroatoms. The van der Waals surface area contributed by atoms with Crippen molar-refractivity contribution in [1.29, 1.82) is 0 Å². The summed E-state index contributed by atoms with van der Waals surface area (Å²) in [6.45, 7) is 0. The van der Waals surface area contributed by atoms with E-state index in [1.54, 1.807) is 0 Å². The lowest BCUT2D eigenvalue weighted by Gasteiger charge is -2.30. The van der Waals surface area contributed by atoms with Crippen LogP contribution in [0.5, 0.6) is 0 Å². The van der Waals surface area contributed by atoms with E-state index in [4.69, 9.17) is 0 Å². The van der Waals surface area contributed by atoms with Crippen LogP contribution >= 0.6 is 0 Å². The first-order valence-electron chi connectivity index (χ1n) is 7.30. The zero-order valence-electron chi connectivity index (χ0n) is 12.5. The molecule has 0 amide bonds. The molecule has 0 saturated carbocycles. The van der Waals surface area contributed by atoms with E-state index < -0.39 is 0 Å². The van der Waals surface area contributed by atoms with Gasteiger partial charge in [0.2, 0.25) is 0 Å². The van der Waals surface area contributed by atoms with Crippen molar-refractivity contribution < 1.29 is 21.6 Å². The second kappa shape index (κ2) is 6.67. The predicted molar refractivity (Wildman–Crippen MR) is 89.5 cm³/mol. The summed E-state index contributed by atoms with van der Waals surface area (Å²) in [5.41, 5.74) is 3.38. The fourth-order valence-electron chi connectivity index (χ4n) is 2.61. The number of para-hydroxylation sites is 2. The van der Waals surface area contributed by atoms with Crippen LogP contribution < -0.4 is 22.0 Å². The number of benzene rings is 2. The number of rotatable bonds is 2. The Morgan fingerprint density at radius 3 is 2.17 bits per heavy atom. The van der Waals surface area contributed by atoms with Gasteiger partial charge in [-0.15, -0.1) is 5.01 Å². The number of hydrogen-bond donors (Lipinski definition) is 0. The molecule has 0 spiro atoms. The van der Waals surface area contributed by atoms with E-state index in [2.05, 4.69) is 94.0 Å². The van der Waals surface area contributed by atoms with E-state index in [1.165, 1.54) is 0 Å². The van der Waals surface area contributed by atoms with Crippen molar-refractivity contribution in [3.05, 3.63) is 97.0 Å². The molecular weight excluding hydrogens is 350 g/mol. The van der Waals surface area contributed by atoms with Crippen molar-refractivity contribution in [3.63, 3.8) is 0 Å². The molecule has 3 nitrogen and oxygen atoms in total. The quantitative estimate of drug-likeness (QED) is 0.735. The monoisotopic (exact) mass is 365 g/mol. The largest absolute Gasteiger partial charge is 1.00 e. The minimum absolute atomic E-state index is 0.